The van der Waals surface area contributed by atoms with Gasteiger partial charge in [-0.2, -0.15) is 0 Å². The van der Waals surface area contributed by atoms with Crippen molar-refractivity contribution in [2.24, 2.45) is 0 Å². The summed E-state index contributed by atoms with van der Waals surface area (Å²) in [5, 5.41) is 9.63. The number of furan rings is 1. The molecule has 0 aliphatic heterocycles. The van der Waals surface area contributed by atoms with Gasteiger partial charge in [0.2, 0.25) is 0 Å². The first-order valence-electron chi connectivity index (χ1n) is 20.1. The van der Waals surface area contributed by atoms with Gasteiger partial charge in [0, 0.05) is 53.3 Å². The van der Waals surface area contributed by atoms with E-state index < -0.39 is 0 Å². The molecule has 0 bridgehead atoms. The Morgan fingerprint density at radius 1 is 0.339 bits per heavy atom. The van der Waals surface area contributed by atoms with E-state index in [4.69, 9.17) is 4.42 Å². The maximum absolute atomic E-state index is 6.40. The number of hydrogen-bond donors (Lipinski definition) is 0. The van der Waals surface area contributed by atoms with Gasteiger partial charge >= 0.3 is 0 Å². The Morgan fingerprint density at radius 3 is 1.80 bits per heavy atom. The number of para-hydroxylation sites is 1. The molecule has 0 saturated carbocycles. The standard InChI is InChI=1S/C56H35NOS/c1-2-15-36(16-3-1)37-17-12-19-39(33-37)54-47-25-6-4-21-43(47)44-22-5-7-26-48(44)55(54)57(41-31-32-52-50(35-41)45-23-8-10-29-51(45)58-52)40-20-13-18-38(34-40)42-27-14-28-49-46-24-9-11-30-53(46)59-56(42)49/h1-35H. The Morgan fingerprint density at radius 2 is 0.932 bits per heavy atom. The van der Waals surface area contributed by atoms with Crippen LogP contribution < -0.4 is 4.90 Å². The van der Waals surface area contributed by atoms with Crippen LogP contribution in [0, 0.1) is 0 Å². The first-order valence-corrected chi connectivity index (χ1v) is 20.9. The third kappa shape index (κ3) is 5.47. The van der Waals surface area contributed by atoms with Crippen LogP contribution in [0.25, 0.3) is 97.0 Å². The van der Waals surface area contributed by atoms with Crippen LogP contribution in [0.2, 0.25) is 0 Å². The normalized spacial score (nSPS) is 11.7. The first kappa shape index (κ1) is 33.7. The van der Waals surface area contributed by atoms with Crippen molar-refractivity contribution in [2.75, 3.05) is 4.90 Å². The third-order valence-electron chi connectivity index (χ3n) is 11.8. The Hall–Kier alpha value is -7.46. The lowest BCUT2D eigenvalue weighted by atomic mass is 9.88. The van der Waals surface area contributed by atoms with Crippen LogP contribution in [0.15, 0.2) is 217 Å². The van der Waals surface area contributed by atoms with Gasteiger partial charge in [0.25, 0.3) is 0 Å². The third-order valence-corrected chi connectivity index (χ3v) is 13.0. The van der Waals surface area contributed by atoms with Gasteiger partial charge < -0.3 is 9.32 Å². The van der Waals surface area contributed by atoms with Crippen LogP contribution in [-0.2, 0) is 0 Å². The highest BCUT2D eigenvalue weighted by Crippen LogP contribution is 2.51. The fourth-order valence-corrected chi connectivity index (χ4v) is 10.4. The second-order valence-corrected chi connectivity index (χ2v) is 16.3. The molecular weight excluding hydrogens is 735 g/mol. The highest BCUT2D eigenvalue weighted by Gasteiger charge is 2.25. The number of thiophene rings is 1. The molecule has 0 saturated heterocycles. The topological polar surface area (TPSA) is 16.4 Å². The van der Waals surface area contributed by atoms with E-state index in [1.165, 1.54) is 69.5 Å². The Labute approximate surface area is 345 Å². The minimum absolute atomic E-state index is 0.874. The molecule has 3 heteroatoms. The Bertz CT molecular complexity index is 3580. The Kier molecular flexibility index (Phi) is 7.75. The zero-order valence-electron chi connectivity index (χ0n) is 32.0. The monoisotopic (exact) mass is 769 g/mol. The number of nitrogens with zero attached hydrogens (tertiary/aromatic N) is 1. The summed E-state index contributed by atoms with van der Waals surface area (Å²) in [6, 6.07) is 77.2. The second-order valence-electron chi connectivity index (χ2n) is 15.2. The van der Waals surface area contributed by atoms with Crippen LogP contribution in [0.3, 0.4) is 0 Å². The lowest BCUT2D eigenvalue weighted by Gasteiger charge is -2.31. The molecule has 2 heterocycles. The molecule has 10 aromatic carbocycles. The van der Waals surface area contributed by atoms with E-state index in [1.807, 2.05) is 17.4 Å². The average Bonchev–Trinajstić information content (AvgIpc) is 3.88. The minimum Gasteiger partial charge on any atom is -0.456 e. The smallest absolute Gasteiger partial charge is 0.135 e. The van der Waals surface area contributed by atoms with Crippen molar-refractivity contribution in [1.29, 1.82) is 0 Å². The molecule has 2 aromatic heterocycles. The van der Waals surface area contributed by atoms with Crippen LogP contribution in [-0.4, -0.2) is 0 Å². The molecule has 0 aliphatic carbocycles. The molecule has 12 aromatic rings. The van der Waals surface area contributed by atoms with Crippen molar-refractivity contribution in [3.63, 3.8) is 0 Å². The van der Waals surface area contributed by atoms with E-state index in [0.717, 1.165) is 44.6 Å². The van der Waals surface area contributed by atoms with Crippen molar-refractivity contribution in [1.82, 2.24) is 0 Å². The quantitative estimate of drug-likeness (QED) is 0.157. The molecule has 59 heavy (non-hydrogen) atoms. The van der Waals surface area contributed by atoms with Crippen LogP contribution >= 0.6 is 11.3 Å². The number of hydrogen-bond acceptors (Lipinski definition) is 3. The molecule has 276 valence electrons. The lowest BCUT2D eigenvalue weighted by Crippen LogP contribution is -2.12. The van der Waals surface area contributed by atoms with E-state index >= 15 is 0 Å². The summed E-state index contributed by atoms with van der Waals surface area (Å²) in [5.41, 5.74) is 12.2. The molecule has 0 aliphatic rings. The van der Waals surface area contributed by atoms with Crippen LogP contribution in [0.4, 0.5) is 17.1 Å². The molecule has 0 spiro atoms. The van der Waals surface area contributed by atoms with E-state index in [1.54, 1.807) is 0 Å². The van der Waals surface area contributed by atoms with E-state index in [-0.39, 0.29) is 0 Å². The van der Waals surface area contributed by atoms with Gasteiger partial charge in [-0.15, -0.1) is 11.3 Å². The zero-order valence-corrected chi connectivity index (χ0v) is 32.8. The molecular formula is C56H35NOS. The fourth-order valence-electron chi connectivity index (χ4n) is 9.18. The van der Waals surface area contributed by atoms with Crippen molar-refractivity contribution in [3.05, 3.63) is 212 Å². The lowest BCUT2D eigenvalue weighted by molar-refractivity contribution is 0.669. The molecule has 12 rings (SSSR count). The van der Waals surface area contributed by atoms with Crippen molar-refractivity contribution < 1.29 is 4.42 Å². The molecule has 2 nitrogen and oxygen atoms in total. The summed E-state index contributed by atoms with van der Waals surface area (Å²) >= 11 is 1.87. The van der Waals surface area contributed by atoms with Gasteiger partial charge in [-0.3, -0.25) is 0 Å². The fraction of sp³-hybridized carbons (Fsp3) is 0. The van der Waals surface area contributed by atoms with Gasteiger partial charge in [0.15, 0.2) is 0 Å². The highest BCUT2D eigenvalue weighted by molar-refractivity contribution is 7.26. The van der Waals surface area contributed by atoms with Crippen molar-refractivity contribution in [3.8, 4) is 33.4 Å². The molecule has 0 amide bonds. The number of rotatable bonds is 6. The highest BCUT2D eigenvalue weighted by atomic mass is 32.1. The zero-order chi connectivity index (χ0) is 38.9. The van der Waals surface area contributed by atoms with Gasteiger partial charge in [-0.25, -0.2) is 0 Å². The SMILES string of the molecule is c1ccc(-c2cccc(-c3c(N(c4cccc(-c5cccc6c5sc5ccccc56)c4)c4ccc5oc6ccccc6c5c4)c4ccccc4c4ccccc34)c2)cc1. The van der Waals surface area contributed by atoms with Crippen LogP contribution in [0.5, 0.6) is 0 Å². The van der Waals surface area contributed by atoms with E-state index in [2.05, 4.69) is 211 Å². The van der Waals surface area contributed by atoms with E-state index in [0.29, 0.717) is 0 Å². The van der Waals surface area contributed by atoms with Gasteiger partial charge in [0.1, 0.15) is 11.2 Å². The summed E-state index contributed by atoms with van der Waals surface area (Å²) in [7, 11) is 0. The molecule has 0 N–H and O–H groups in total. The summed E-state index contributed by atoms with van der Waals surface area (Å²) < 4.78 is 9.01. The predicted molar refractivity (Wildman–Crippen MR) is 253 cm³/mol. The van der Waals surface area contributed by atoms with Gasteiger partial charge in [-0.1, -0.05) is 164 Å². The van der Waals surface area contributed by atoms with E-state index in [9.17, 15) is 0 Å². The number of anilines is 3. The molecule has 0 unspecified atom stereocenters. The average molecular weight is 770 g/mol. The molecule has 0 atom stereocenters. The summed E-state index contributed by atoms with van der Waals surface area (Å²) in [6.45, 7) is 0. The first-order chi connectivity index (χ1) is 29.3. The van der Waals surface area contributed by atoms with Crippen molar-refractivity contribution in [2.45, 2.75) is 0 Å². The molecule has 0 radical (unpaired) electrons. The number of benzene rings is 10. The summed E-state index contributed by atoms with van der Waals surface area (Å²) in [6.07, 6.45) is 0. The predicted octanol–water partition coefficient (Wildman–Crippen LogP) is 16.7. The largest absolute Gasteiger partial charge is 0.456 e. The Balaban J connectivity index is 1.18. The minimum atomic E-state index is 0.874. The second kappa shape index (κ2) is 13.6. The van der Waals surface area contributed by atoms with Gasteiger partial charge in [-0.05, 0) is 92.5 Å². The molecule has 0 fully saturated rings. The van der Waals surface area contributed by atoms with Crippen molar-refractivity contribution >= 4 is 92.1 Å². The summed E-state index contributed by atoms with van der Waals surface area (Å²) in [5.74, 6) is 0. The number of fused-ring (bicyclic) bond motifs is 9. The maximum atomic E-state index is 6.40. The maximum Gasteiger partial charge on any atom is 0.135 e. The van der Waals surface area contributed by atoms with Gasteiger partial charge in [0.05, 0.1) is 5.69 Å². The summed E-state index contributed by atoms with van der Waals surface area (Å²) in [4.78, 5) is 2.50. The van der Waals surface area contributed by atoms with Crippen LogP contribution in [0.1, 0.15) is 0 Å².